The molecule has 0 amide bonds. The summed E-state index contributed by atoms with van der Waals surface area (Å²) in [4.78, 5) is 19.1. The van der Waals surface area contributed by atoms with Gasteiger partial charge in [-0.3, -0.25) is 0 Å². The van der Waals surface area contributed by atoms with Crippen LogP contribution in [-0.4, -0.2) is 30.7 Å². The molecule has 0 saturated heterocycles. The number of aryl methyl sites for hydroxylation is 1. The van der Waals surface area contributed by atoms with Gasteiger partial charge in [-0.1, -0.05) is 30.3 Å². The maximum atomic E-state index is 10.9. The van der Waals surface area contributed by atoms with Gasteiger partial charge < -0.3 is 5.11 Å². The van der Waals surface area contributed by atoms with Gasteiger partial charge in [0.25, 0.3) is 11.6 Å². The van der Waals surface area contributed by atoms with E-state index in [2.05, 4.69) is 15.1 Å². The molecule has 0 unspecified atom stereocenters. The maximum absolute atomic E-state index is 10.9. The lowest BCUT2D eigenvalue weighted by Gasteiger charge is -2.03. The monoisotopic (exact) mass is 254 g/mol. The summed E-state index contributed by atoms with van der Waals surface area (Å²) < 4.78 is 1.43. The first-order valence-electron chi connectivity index (χ1n) is 5.68. The van der Waals surface area contributed by atoms with Crippen molar-refractivity contribution in [2.24, 2.45) is 0 Å². The lowest BCUT2D eigenvalue weighted by atomic mass is 10.1. The minimum absolute atomic E-state index is 0.249. The van der Waals surface area contributed by atoms with Crippen LogP contribution in [0.1, 0.15) is 16.3 Å². The lowest BCUT2D eigenvalue weighted by molar-refractivity contribution is 0.0684. The highest BCUT2D eigenvalue weighted by Crippen LogP contribution is 2.18. The van der Waals surface area contributed by atoms with Crippen molar-refractivity contribution in [3.63, 3.8) is 0 Å². The van der Waals surface area contributed by atoms with Gasteiger partial charge >= 0.3 is 5.97 Å². The Kier molecular flexibility index (Phi) is 2.49. The van der Waals surface area contributed by atoms with Crippen LogP contribution in [0.15, 0.2) is 36.4 Å². The summed E-state index contributed by atoms with van der Waals surface area (Å²) in [5.41, 5.74) is 2.48. The molecule has 19 heavy (non-hydrogen) atoms. The van der Waals surface area contributed by atoms with Crippen molar-refractivity contribution in [3.8, 4) is 11.3 Å². The van der Waals surface area contributed by atoms with Crippen LogP contribution in [-0.2, 0) is 0 Å². The fourth-order valence-electron chi connectivity index (χ4n) is 1.86. The molecule has 3 aromatic rings. The first kappa shape index (κ1) is 11.3. The zero-order valence-electron chi connectivity index (χ0n) is 10.1. The van der Waals surface area contributed by atoms with Gasteiger partial charge in [-0.05, 0) is 13.0 Å². The third-order valence-electron chi connectivity index (χ3n) is 2.75. The molecule has 0 fully saturated rings. The maximum Gasteiger partial charge on any atom is 0.375 e. The summed E-state index contributed by atoms with van der Waals surface area (Å²) in [7, 11) is 0. The molecule has 2 aromatic heterocycles. The molecule has 0 atom stereocenters. The molecule has 2 heterocycles. The summed E-state index contributed by atoms with van der Waals surface area (Å²) in [5, 5.41) is 12.8. The third kappa shape index (κ3) is 1.93. The van der Waals surface area contributed by atoms with Crippen molar-refractivity contribution in [1.82, 2.24) is 19.6 Å². The molecular formula is C13H10N4O2. The number of hydrogen-bond acceptors (Lipinski definition) is 4. The van der Waals surface area contributed by atoms with Crippen LogP contribution in [0.25, 0.3) is 17.0 Å². The van der Waals surface area contributed by atoms with Gasteiger partial charge in [-0.25, -0.2) is 14.3 Å². The number of fused-ring (bicyclic) bond motifs is 1. The number of aromatic nitrogens is 4. The molecule has 94 valence electrons. The molecule has 0 spiro atoms. The largest absolute Gasteiger partial charge is 0.475 e. The van der Waals surface area contributed by atoms with Gasteiger partial charge in [-0.2, -0.15) is 4.98 Å². The van der Waals surface area contributed by atoms with Gasteiger partial charge in [0.1, 0.15) is 0 Å². The summed E-state index contributed by atoms with van der Waals surface area (Å²) in [6, 6.07) is 11.5. The summed E-state index contributed by atoms with van der Waals surface area (Å²) in [6.07, 6.45) is 0. The minimum Gasteiger partial charge on any atom is -0.475 e. The van der Waals surface area contributed by atoms with E-state index in [1.54, 1.807) is 0 Å². The highest BCUT2D eigenvalue weighted by molar-refractivity contribution is 5.83. The van der Waals surface area contributed by atoms with E-state index in [0.717, 1.165) is 17.0 Å². The van der Waals surface area contributed by atoms with Crippen LogP contribution < -0.4 is 0 Å². The van der Waals surface area contributed by atoms with Crippen molar-refractivity contribution in [2.45, 2.75) is 6.92 Å². The van der Waals surface area contributed by atoms with Crippen LogP contribution in [0.4, 0.5) is 0 Å². The Hall–Kier alpha value is -2.76. The van der Waals surface area contributed by atoms with E-state index in [1.165, 1.54) is 4.52 Å². The fourth-order valence-corrected chi connectivity index (χ4v) is 1.86. The molecule has 0 aliphatic heterocycles. The minimum atomic E-state index is -1.16. The summed E-state index contributed by atoms with van der Waals surface area (Å²) in [5.74, 6) is -1.12. The van der Waals surface area contributed by atoms with Crippen LogP contribution in [0, 0.1) is 6.92 Å². The third-order valence-corrected chi connectivity index (χ3v) is 2.75. The molecule has 1 aromatic carbocycles. The molecule has 0 bridgehead atoms. The number of rotatable bonds is 2. The molecule has 6 nitrogen and oxygen atoms in total. The SMILES string of the molecule is Cc1cc(-c2ccccc2)nc2nc(C(=O)O)nn12. The first-order chi connectivity index (χ1) is 9.15. The zero-order valence-corrected chi connectivity index (χ0v) is 10.1. The van der Waals surface area contributed by atoms with E-state index in [-0.39, 0.29) is 11.6 Å². The molecule has 3 rings (SSSR count). The number of carbonyl (C=O) groups is 1. The quantitative estimate of drug-likeness (QED) is 0.754. The number of nitrogens with zero attached hydrogens (tertiary/aromatic N) is 4. The van der Waals surface area contributed by atoms with Gasteiger partial charge in [-0.15, -0.1) is 5.10 Å². The van der Waals surface area contributed by atoms with Gasteiger partial charge in [0.15, 0.2) is 0 Å². The Morgan fingerprint density at radius 3 is 2.63 bits per heavy atom. The van der Waals surface area contributed by atoms with E-state index in [1.807, 2.05) is 43.3 Å². The van der Waals surface area contributed by atoms with Gasteiger partial charge in [0.05, 0.1) is 5.69 Å². The molecular weight excluding hydrogens is 244 g/mol. The number of hydrogen-bond donors (Lipinski definition) is 1. The second-order valence-electron chi connectivity index (χ2n) is 4.10. The van der Waals surface area contributed by atoms with E-state index < -0.39 is 5.97 Å². The number of benzene rings is 1. The zero-order chi connectivity index (χ0) is 13.4. The molecule has 0 aliphatic rings. The van der Waals surface area contributed by atoms with E-state index in [4.69, 9.17) is 5.11 Å². The number of aromatic carboxylic acids is 1. The van der Waals surface area contributed by atoms with Crippen molar-refractivity contribution in [3.05, 3.63) is 47.9 Å². The molecule has 0 aliphatic carbocycles. The Bertz CT molecular complexity index is 765. The Balaban J connectivity index is 2.22. The lowest BCUT2D eigenvalue weighted by Crippen LogP contribution is -2.00. The Morgan fingerprint density at radius 1 is 1.21 bits per heavy atom. The van der Waals surface area contributed by atoms with Crippen LogP contribution in [0.2, 0.25) is 0 Å². The molecule has 1 N–H and O–H groups in total. The van der Waals surface area contributed by atoms with Gasteiger partial charge in [0.2, 0.25) is 0 Å². The Labute approximate surface area is 108 Å². The van der Waals surface area contributed by atoms with Crippen LogP contribution in [0.3, 0.4) is 0 Å². The van der Waals surface area contributed by atoms with E-state index in [9.17, 15) is 4.79 Å². The van der Waals surface area contributed by atoms with Crippen molar-refractivity contribution in [2.75, 3.05) is 0 Å². The van der Waals surface area contributed by atoms with Crippen LogP contribution >= 0.6 is 0 Å². The summed E-state index contributed by atoms with van der Waals surface area (Å²) >= 11 is 0. The standard InChI is InChI=1S/C13H10N4O2/c1-8-7-10(9-5-3-2-4-6-9)14-13-15-11(12(18)19)16-17(8)13/h2-7H,1H3,(H,18,19). The first-order valence-corrected chi connectivity index (χ1v) is 5.68. The second kappa shape index (κ2) is 4.16. The van der Waals surface area contributed by atoms with E-state index in [0.29, 0.717) is 0 Å². The fraction of sp³-hybridized carbons (Fsp3) is 0.0769. The predicted octanol–water partition coefficient (Wildman–Crippen LogP) is 1.80. The molecule has 0 saturated carbocycles. The highest BCUT2D eigenvalue weighted by atomic mass is 16.4. The van der Waals surface area contributed by atoms with Crippen molar-refractivity contribution in [1.29, 1.82) is 0 Å². The average Bonchev–Trinajstić information content (AvgIpc) is 2.84. The predicted molar refractivity (Wildman–Crippen MR) is 67.9 cm³/mol. The number of carboxylic acid groups (broad SMARTS) is 1. The topological polar surface area (TPSA) is 80.4 Å². The van der Waals surface area contributed by atoms with Crippen molar-refractivity contribution < 1.29 is 9.90 Å². The smallest absolute Gasteiger partial charge is 0.375 e. The Morgan fingerprint density at radius 2 is 1.95 bits per heavy atom. The number of carboxylic acids is 1. The van der Waals surface area contributed by atoms with Crippen molar-refractivity contribution >= 4 is 11.7 Å². The molecule has 6 heteroatoms. The summed E-state index contributed by atoms with van der Waals surface area (Å²) in [6.45, 7) is 1.83. The second-order valence-corrected chi connectivity index (χ2v) is 4.10. The average molecular weight is 254 g/mol. The van der Waals surface area contributed by atoms with Gasteiger partial charge in [0, 0.05) is 11.3 Å². The van der Waals surface area contributed by atoms with E-state index >= 15 is 0 Å². The normalized spacial score (nSPS) is 10.8. The molecule has 0 radical (unpaired) electrons. The van der Waals surface area contributed by atoms with Crippen LogP contribution in [0.5, 0.6) is 0 Å². The highest BCUT2D eigenvalue weighted by Gasteiger charge is 2.14.